The summed E-state index contributed by atoms with van der Waals surface area (Å²) in [7, 11) is 3.12. The van der Waals surface area contributed by atoms with Gasteiger partial charge in [0.1, 0.15) is 11.8 Å². The SMILES string of the molecule is Cc1cc2ccc1[C@@H](C)CN(C)C(=O)Nc1ccc(OC(F)(F)F)c(c1)CN(C)C(=O)[C@@H]2Nc1ccc2cc[nH]c(=O)c2c1. The Bertz CT molecular complexity index is 1790. The Hall–Kier alpha value is -5.00. The fraction of sp³-hybridized carbons (Fsp3) is 0.281. The zero-order valence-corrected chi connectivity index (χ0v) is 24.6. The average molecular weight is 608 g/mol. The lowest BCUT2D eigenvalue weighted by molar-refractivity contribution is -0.275. The largest absolute Gasteiger partial charge is 0.573 e. The molecule has 0 saturated heterocycles. The van der Waals surface area contributed by atoms with Gasteiger partial charge >= 0.3 is 12.4 Å². The molecule has 1 aromatic heterocycles. The lowest BCUT2D eigenvalue weighted by atomic mass is 9.92. The van der Waals surface area contributed by atoms with Gasteiger partial charge in [-0.2, -0.15) is 0 Å². The van der Waals surface area contributed by atoms with Crippen LogP contribution in [0.25, 0.3) is 10.8 Å². The number of aromatic nitrogens is 1. The van der Waals surface area contributed by atoms with Crippen molar-refractivity contribution in [2.75, 3.05) is 31.3 Å². The summed E-state index contributed by atoms with van der Waals surface area (Å²) in [6, 6.07) is 15.0. The third kappa shape index (κ3) is 6.64. The summed E-state index contributed by atoms with van der Waals surface area (Å²) in [4.78, 5) is 44.9. The highest BCUT2D eigenvalue weighted by Gasteiger charge is 2.33. The molecule has 6 rings (SSSR count). The Kier molecular flexibility index (Phi) is 8.27. The van der Waals surface area contributed by atoms with Crippen molar-refractivity contribution in [1.29, 1.82) is 0 Å². The molecule has 3 amide bonds. The normalized spacial score (nSPS) is 18.0. The Morgan fingerprint density at radius 2 is 1.73 bits per heavy atom. The molecule has 0 aliphatic carbocycles. The molecule has 4 bridgehead atoms. The number of hydrogen-bond acceptors (Lipinski definition) is 5. The molecule has 0 unspecified atom stereocenters. The number of amides is 3. The second-order valence-electron chi connectivity index (χ2n) is 11.1. The maximum absolute atomic E-state index is 14.1. The molecule has 230 valence electrons. The molecule has 2 atom stereocenters. The molecule has 0 spiro atoms. The van der Waals surface area contributed by atoms with Gasteiger partial charge in [0, 0.05) is 55.7 Å². The average Bonchev–Trinajstić information content (AvgIpc) is 2.96. The number of nitrogens with one attached hydrogen (secondary N) is 3. The molecule has 44 heavy (non-hydrogen) atoms. The van der Waals surface area contributed by atoms with E-state index in [0.29, 0.717) is 23.2 Å². The molecule has 4 aromatic rings. The summed E-state index contributed by atoms with van der Waals surface area (Å²) in [5, 5.41) is 7.13. The number of urea groups is 1. The predicted octanol–water partition coefficient (Wildman–Crippen LogP) is 6.13. The highest BCUT2D eigenvalue weighted by atomic mass is 19.4. The molecule has 2 aliphatic heterocycles. The lowest BCUT2D eigenvalue weighted by Crippen LogP contribution is -2.36. The lowest BCUT2D eigenvalue weighted by Gasteiger charge is -2.29. The standard InChI is InChI=1S/C32H32F3N5O4/c1-18-13-21-6-9-25(18)19(2)16-40(4)31(43)38-23-8-10-27(44-32(33,34)35)22(14-23)17-39(3)30(42)28(21)37-24-7-5-20-11-12-36-29(41)26(20)15-24/h5-15,19,28,37H,16-17H2,1-4H3,(H,36,41)(H,38,43)/t19-,28+/m0/s1. The van der Waals surface area contributed by atoms with Crippen LogP contribution in [0.3, 0.4) is 0 Å². The van der Waals surface area contributed by atoms with E-state index in [2.05, 4.69) is 20.4 Å². The van der Waals surface area contributed by atoms with E-state index in [0.717, 1.165) is 22.6 Å². The van der Waals surface area contributed by atoms with Crippen LogP contribution in [0.4, 0.5) is 29.3 Å². The maximum atomic E-state index is 14.1. The minimum atomic E-state index is -4.97. The van der Waals surface area contributed by atoms with Gasteiger partial charge in [0.15, 0.2) is 0 Å². The first-order valence-electron chi connectivity index (χ1n) is 13.9. The number of halogens is 3. The summed E-state index contributed by atoms with van der Waals surface area (Å²) >= 11 is 0. The van der Waals surface area contributed by atoms with E-state index in [9.17, 15) is 27.6 Å². The zero-order chi connectivity index (χ0) is 31.8. The van der Waals surface area contributed by atoms with Crippen molar-refractivity contribution in [2.24, 2.45) is 0 Å². The van der Waals surface area contributed by atoms with Gasteiger partial charge in [-0.3, -0.25) is 9.59 Å². The summed E-state index contributed by atoms with van der Waals surface area (Å²) < 4.78 is 44.1. The molecule has 3 N–H and O–H groups in total. The number of rotatable bonds is 3. The third-order valence-corrected chi connectivity index (χ3v) is 7.71. The minimum Gasteiger partial charge on any atom is -0.405 e. The second-order valence-corrected chi connectivity index (χ2v) is 11.1. The number of aryl methyl sites for hydroxylation is 1. The Morgan fingerprint density at radius 3 is 2.45 bits per heavy atom. The topological polar surface area (TPSA) is 107 Å². The fourth-order valence-electron chi connectivity index (χ4n) is 5.53. The molecule has 2 aliphatic rings. The van der Waals surface area contributed by atoms with Gasteiger partial charge in [-0.25, -0.2) is 4.79 Å². The van der Waals surface area contributed by atoms with Crippen molar-refractivity contribution in [3.8, 4) is 5.75 Å². The van der Waals surface area contributed by atoms with Crippen LogP contribution in [0, 0.1) is 6.92 Å². The highest BCUT2D eigenvalue weighted by molar-refractivity contribution is 5.90. The van der Waals surface area contributed by atoms with E-state index in [1.807, 2.05) is 32.0 Å². The van der Waals surface area contributed by atoms with E-state index in [4.69, 9.17) is 0 Å². The quantitative estimate of drug-likeness (QED) is 0.260. The minimum absolute atomic E-state index is 0.0432. The number of H-pyrrole nitrogens is 1. The number of pyridine rings is 1. The molecular weight excluding hydrogens is 575 g/mol. The van der Waals surface area contributed by atoms with E-state index in [1.165, 1.54) is 29.0 Å². The van der Waals surface area contributed by atoms with Crippen molar-refractivity contribution in [1.82, 2.24) is 14.8 Å². The first kappa shape index (κ1) is 30.5. The number of aromatic amines is 1. The van der Waals surface area contributed by atoms with Crippen LogP contribution < -0.4 is 20.9 Å². The van der Waals surface area contributed by atoms with E-state index in [1.54, 1.807) is 37.5 Å². The number of likely N-dealkylation sites (N-methyl/N-ethyl adjacent to an activating group) is 2. The number of carbonyl (C=O) groups excluding carboxylic acids is 2. The molecule has 3 aromatic carbocycles. The Balaban J connectivity index is 1.60. The van der Waals surface area contributed by atoms with Crippen molar-refractivity contribution in [3.63, 3.8) is 0 Å². The maximum Gasteiger partial charge on any atom is 0.573 e. The van der Waals surface area contributed by atoms with Crippen molar-refractivity contribution in [2.45, 2.75) is 38.7 Å². The van der Waals surface area contributed by atoms with Gasteiger partial charge < -0.3 is 30.2 Å². The van der Waals surface area contributed by atoms with Crippen LogP contribution in [0.5, 0.6) is 5.75 Å². The number of nitrogens with zero attached hydrogens (tertiary/aromatic N) is 2. The Labute approximate surface area is 251 Å². The number of alkyl halides is 3. The predicted molar refractivity (Wildman–Crippen MR) is 162 cm³/mol. The molecule has 9 nitrogen and oxygen atoms in total. The number of fused-ring (bicyclic) bond motifs is 10. The summed E-state index contributed by atoms with van der Waals surface area (Å²) in [6.07, 6.45) is -3.41. The van der Waals surface area contributed by atoms with Crippen molar-refractivity contribution in [3.05, 3.63) is 99.5 Å². The molecule has 0 fully saturated rings. The molecule has 0 radical (unpaired) electrons. The van der Waals surface area contributed by atoms with Crippen LogP contribution in [0.1, 0.15) is 41.1 Å². The van der Waals surface area contributed by atoms with Crippen LogP contribution in [0.2, 0.25) is 0 Å². The van der Waals surface area contributed by atoms with E-state index in [-0.39, 0.29) is 29.3 Å². The third-order valence-electron chi connectivity index (χ3n) is 7.71. The highest BCUT2D eigenvalue weighted by Crippen LogP contribution is 2.32. The van der Waals surface area contributed by atoms with Gasteiger partial charge in [0.2, 0.25) is 5.91 Å². The van der Waals surface area contributed by atoms with Crippen LogP contribution >= 0.6 is 0 Å². The van der Waals surface area contributed by atoms with Gasteiger partial charge in [-0.05, 0) is 71.3 Å². The van der Waals surface area contributed by atoms with Gasteiger partial charge in [0.25, 0.3) is 5.56 Å². The number of hydrogen-bond donors (Lipinski definition) is 3. The van der Waals surface area contributed by atoms with Crippen LogP contribution in [0.15, 0.2) is 71.7 Å². The first-order valence-corrected chi connectivity index (χ1v) is 13.9. The fourth-order valence-corrected chi connectivity index (χ4v) is 5.53. The van der Waals surface area contributed by atoms with Crippen molar-refractivity contribution < 1.29 is 27.5 Å². The molecule has 12 heteroatoms. The Morgan fingerprint density at radius 1 is 0.955 bits per heavy atom. The van der Waals surface area contributed by atoms with Crippen LogP contribution in [-0.2, 0) is 11.3 Å². The van der Waals surface area contributed by atoms with Gasteiger partial charge in [0.05, 0.1) is 0 Å². The smallest absolute Gasteiger partial charge is 0.405 e. The number of ether oxygens (including phenoxy) is 1. The van der Waals surface area contributed by atoms with Crippen LogP contribution in [-0.4, -0.2) is 53.7 Å². The molecule has 0 saturated carbocycles. The molecular formula is C32H32F3N5O4. The monoisotopic (exact) mass is 607 g/mol. The summed E-state index contributed by atoms with van der Waals surface area (Å²) in [5.74, 6) is -0.994. The summed E-state index contributed by atoms with van der Waals surface area (Å²) in [6.45, 7) is 4.01. The number of anilines is 2. The van der Waals surface area contributed by atoms with Gasteiger partial charge in [-0.15, -0.1) is 13.2 Å². The number of benzene rings is 3. The molecule has 3 heterocycles. The summed E-state index contributed by atoms with van der Waals surface area (Å²) in [5.41, 5.74) is 3.04. The number of carbonyl (C=O) groups is 2. The zero-order valence-electron chi connectivity index (χ0n) is 24.6. The second kappa shape index (κ2) is 11.9. The van der Waals surface area contributed by atoms with Gasteiger partial charge in [-0.1, -0.05) is 31.2 Å². The van der Waals surface area contributed by atoms with E-state index < -0.39 is 30.1 Å². The van der Waals surface area contributed by atoms with Crippen molar-refractivity contribution >= 4 is 34.1 Å². The van der Waals surface area contributed by atoms with E-state index >= 15 is 0 Å². The first-order chi connectivity index (χ1) is 20.8.